The van der Waals surface area contributed by atoms with E-state index >= 15 is 0 Å². The van der Waals surface area contributed by atoms with E-state index < -0.39 is 0 Å². The van der Waals surface area contributed by atoms with Crippen molar-refractivity contribution < 1.29 is 4.79 Å². The summed E-state index contributed by atoms with van der Waals surface area (Å²) in [6.45, 7) is 3.38. The van der Waals surface area contributed by atoms with E-state index in [4.69, 9.17) is 0 Å². The summed E-state index contributed by atoms with van der Waals surface area (Å²) in [7, 11) is 4.36. The van der Waals surface area contributed by atoms with Gasteiger partial charge in [-0.15, -0.1) is 11.3 Å². The molecule has 1 aliphatic carbocycles. The molecule has 2 N–H and O–H groups in total. The van der Waals surface area contributed by atoms with E-state index in [9.17, 15) is 4.79 Å². The van der Waals surface area contributed by atoms with Crippen molar-refractivity contribution in [1.29, 1.82) is 0 Å². The Hall–Kier alpha value is -0.910. The van der Waals surface area contributed by atoms with Gasteiger partial charge in [-0.2, -0.15) is 0 Å². The van der Waals surface area contributed by atoms with Crippen LogP contribution in [0.1, 0.15) is 37.5 Å². The second kappa shape index (κ2) is 6.70. The summed E-state index contributed by atoms with van der Waals surface area (Å²) in [5.74, 6) is -0.00907. The summed E-state index contributed by atoms with van der Waals surface area (Å²) in [6, 6.07) is 1.97. The first-order chi connectivity index (χ1) is 9.53. The maximum absolute atomic E-state index is 11.2. The monoisotopic (exact) mass is 295 g/mol. The predicted molar refractivity (Wildman–Crippen MR) is 85.2 cm³/mol. The lowest BCUT2D eigenvalue weighted by molar-refractivity contribution is -0.114. The van der Waals surface area contributed by atoms with Gasteiger partial charge in [-0.3, -0.25) is 4.79 Å². The molecule has 0 aliphatic heterocycles. The fourth-order valence-electron chi connectivity index (χ4n) is 3.00. The van der Waals surface area contributed by atoms with Gasteiger partial charge in [-0.25, -0.2) is 0 Å². The molecule has 4 nitrogen and oxygen atoms in total. The number of nitrogens with zero attached hydrogens (tertiary/aromatic N) is 1. The van der Waals surface area contributed by atoms with Crippen molar-refractivity contribution in [2.24, 2.45) is 0 Å². The first-order valence-corrected chi connectivity index (χ1v) is 8.13. The van der Waals surface area contributed by atoms with Crippen molar-refractivity contribution >= 4 is 22.9 Å². The Kier molecular flexibility index (Phi) is 5.18. The van der Waals surface area contributed by atoms with Crippen LogP contribution >= 0.6 is 11.3 Å². The Balaban J connectivity index is 1.89. The molecule has 1 aromatic heterocycles. The molecule has 0 spiro atoms. The van der Waals surface area contributed by atoms with Gasteiger partial charge >= 0.3 is 0 Å². The molecular formula is C15H25N3OS. The van der Waals surface area contributed by atoms with Crippen LogP contribution in [0, 0.1) is 0 Å². The topological polar surface area (TPSA) is 44.4 Å². The molecule has 0 bridgehead atoms. The minimum Gasteiger partial charge on any atom is -0.325 e. The molecule has 0 atom stereocenters. The third-order valence-electron chi connectivity index (χ3n) is 4.28. The highest BCUT2D eigenvalue weighted by Crippen LogP contribution is 2.33. The van der Waals surface area contributed by atoms with Crippen LogP contribution in [0.4, 0.5) is 5.69 Å². The van der Waals surface area contributed by atoms with Crippen LogP contribution in [-0.4, -0.2) is 37.0 Å². The van der Waals surface area contributed by atoms with Crippen LogP contribution in [0.5, 0.6) is 0 Å². The quantitative estimate of drug-likeness (QED) is 0.848. The van der Waals surface area contributed by atoms with E-state index in [1.807, 2.05) is 11.4 Å². The van der Waals surface area contributed by atoms with Gasteiger partial charge in [0.1, 0.15) is 0 Å². The number of carbonyl (C=O) groups is 1. The average Bonchev–Trinajstić information content (AvgIpc) is 2.99. The van der Waals surface area contributed by atoms with Crippen LogP contribution in [0.15, 0.2) is 11.4 Å². The van der Waals surface area contributed by atoms with Gasteiger partial charge in [0.2, 0.25) is 5.91 Å². The SMILES string of the molecule is CC(=O)Nc1ccsc1CNCC1(N(C)C)CCCC1. The number of anilines is 1. The van der Waals surface area contributed by atoms with Crippen molar-refractivity contribution in [2.45, 2.75) is 44.7 Å². The van der Waals surface area contributed by atoms with E-state index in [2.05, 4.69) is 29.6 Å². The van der Waals surface area contributed by atoms with E-state index in [0.29, 0.717) is 5.54 Å². The molecular weight excluding hydrogens is 270 g/mol. The summed E-state index contributed by atoms with van der Waals surface area (Å²) in [5.41, 5.74) is 1.26. The highest BCUT2D eigenvalue weighted by atomic mass is 32.1. The van der Waals surface area contributed by atoms with Gasteiger partial charge in [0.15, 0.2) is 0 Å². The zero-order chi connectivity index (χ0) is 14.6. The van der Waals surface area contributed by atoms with Crippen molar-refractivity contribution in [3.8, 4) is 0 Å². The lowest BCUT2D eigenvalue weighted by Crippen LogP contribution is -2.49. The molecule has 0 saturated heterocycles. The number of amides is 1. The minimum atomic E-state index is -0.00907. The molecule has 1 heterocycles. The minimum absolute atomic E-state index is 0.00907. The number of nitrogens with one attached hydrogen (secondary N) is 2. The lowest BCUT2D eigenvalue weighted by Gasteiger charge is -2.36. The van der Waals surface area contributed by atoms with Crippen LogP contribution in [-0.2, 0) is 11.3 Å². The van der Waals surface area contributed by atoms with E-state index in [1.54, 1.807) is 18.3 Å². The van der Waals surface area contributed by atoms with Crippen molar-refractivity contribution in [2.75, 3.05) is 26.0 Å². The van der Waals surface area contributed by atoms with E-state index in [1.165, 1.54) is 30.6 Å². The van der Waals surface area contributed by atoms with Crippen molar-refractivity contribution in [3.05, 3.63) is 16.3 Å². The molecule has 1 aromatic rings. The third kappa shape index (κ3) is 3.59. The molecule has 1 saturated carbocycles. The Morgan fingerprint density at radius 1 is 1.40 bits per heavy atom. The number of hydrogen-bond donors (Lipinski definition) is 2. The van der Waals surface area contributed by atoms with Crippen LogP contribution in [0.25, 0.3) is 0 Å². The van der Waals surface area contributed by atoms with Crippen molar-refractivity contribution in [1.82, 2.24) is 10.2 Å². The molecule has 20 heavy (non-hydrogen) atoms. The molecule has 1 aliphatic rings. The second-order valence-corrected chi connectivity index (χ2v) is 6.87. The fraction of sp³-hybridized carbons (Fsp3) is 0.667. The molecule has 1 amide bonds. The molecule has 0 aromatic carbocycles. The number of carbonyl (C=O) groups excluding carboxylic acids is 1. The zero-order valence-corrected chi connectivity index (χ0v) is 13.5. The molecule has 1 fully saturated rings. The smallest absolute Gasteiger partial charge is 0.221 e. The van der Waals surface area contributed by atoms with Gasteiger partial charge in [0, 0.05) is 30.4 Å². The molecule has 5 heteroatoms. The van der Waals surface area contributed by atoms with Crippen LogP contribution < -0.4 is 10.6 Å². The fourth-order valence-corrected chi connectivity index (χ4v) is 3.80. The van der Waals surface area contributed by atoms with Gasteiger partial charge in [-0.05, 0) is 38.4 Å². The highest BCUT2D eigenvalue weighted by molar-refractivity contribution is 7.10. The first-order valence-electron chi connectivity index (χ1n) is 7.26. The Labute approximate surface area is 125 Å². The van der Waals surface area contributed by atoms with E-state index in [-0.39, 0.29) is 5.91 Å². The van der Waals surface area contributed by atoms with Gasteiger partial charge in [0.05, 0.1) is 5.69 Å². The second-order valence-electron chi connectivity index (χ2n) is 5.87. The zero-order valence-electron chi connectivity index (χ0n) is 12.7. The number of thiophene rings is 1. The molecule has 0 radical (unpaired) electrons. The Morgan fingerprint density at radius 3 is 2.70 bits per heavy atom. The predicted octanol–water partition coefficient (Wildman–Crippen LogP) is 2.67. The molecule has 112 valence electrons. The molecule has 0 unspecified atom stereocenters. The largest absolute Gasteiger partial charge is 0.325 e. The number of likely N-dealkylation sites (N-methyl/N-ethyl adjacent to an activating group) is 1. The lowest BCUT2D eigenvalue weighted by atomic mass is 9.96. The van der Waals surface area contributed by atoms with Crippen LogP contribution in [0.3, 0.4) is 0 Å². The first kappa shape index (κ1) is 15.5. The van der Waals surface area contributed by atoms with Crippen molar-refractivity contribution in [3.63, 3.8) is 0 Å². The average molecular weight is 295 g/mol. The summed E-state index contributed by atoms with van der Waals surface area (Å²) >= 11 is 1.69. The van der Waals surface area contributed by atoms with Crippen LogP contribution in [0.2, 0.25) is 0 Å². The summed E-state index contributed by atoms with van der Waals surface area (Å²) < 4.78 is 0. The van der Waals surface area contributed by atoms with Gasteiger partial charge < -0.3 is 15.5 Å². The number of hydrogen-bond acceptors (Lipinski definition) is 4. The maximum atomic E-state index is 11.2. The number of rotatable bonds is 6. The third-order valence-corrected chi connectivity index (χ3v) is 5.20. The summed E-state index contributed by atoms with van der Waals surface area (Å²) in [4.78, 5) is 14.7. The standard InChI is InChI=1S/C15H25N3OS/c1-12(19)17-13-6-9-20-14(13)10-16-11-15(18(2)3)7-4-5-8-15/h6,9,16H,4-5,7-8,10-11H2,1-3H3,(H,17,19). The highest BCUT2D eigenvalue weighted by Gasteiger charge is 2.35. The summed E-state index contributed by atoms with van der Waals surface area (Å²) in [6.07, 6.45) is 5.21. The Bertz CT molecular complexity index is 450. The van der Waals surface area contributed by atoms with Gasteiger partial charge in [-0.1, -0.05) is 12.8 Å². The maximum Gasteiger partial charge on any atom is 0.221 e. The molecule has 2 rings (SSSR count). The normalized spacial score (nSPS) is 17.6. The Morgan fingerprint density at radius 2 is 2.10 bits per heavy atom. The van der Waals surface area contributed by atoms with Gasteiger partial charge in [0.25, 0.3) is 0 Å². The summed E-state index contributed by atoms with van der Waals surface area (Å²) in [5, 5.41) is 8.50. The van der Waals surface area contributed by atoms with E-state index in [0.717, 1.165) is 18.8 Å².